The van der Waals surface area contributed by atoms with Crippen LogP contribution in [-0.2, 0) is 0 Å². The minimum Gasteiger partial charge on any atom is -0.389 e. The average Bonchev–Trinajstić information content (AvgIpc) is 2.87. The fraction of sp³-hybridized carbons (Fsp3) is 0.429. The predicted octanol–water partition coefficient (Wildman–Crippen LogP) is 3.70. The summed E-state index contributed by atoms with van der Waals surface area (Å²) in [6, 6.07) is 4.73. The first-order valence-corrected chi connectivity index (χ1v) is 8.17. The lowest BCUT2D eigenvalue weighted by Crippen LogP contribution is -2.38. The molecule has 0 atom stereocenters. The van der Waals surface area contributed by atoms with Crippen LogP contribution in [0, 0.1) is 5.82 Å². The third-order valence-electron chi connectivity index (χ3n) is 2.80. The molecule has 1 heterocycles. The van der Waals surface area contributed by atoms with Crippen molar-refractivity contribution in [3.05, 3.63) is 28.5 Å². The summed E-state index contributed by atoms with van der Waals surface area (Å²) < 4.78 is 14.7. The number of hydrogen-bond acceptors (Lipinski definition) is 5. The highest BCUT2D eigenvalue weighted by atomic mass is 79.9. The third kappa shape index (κ3) is 4.21. The van der Waals surface area contributed by atoms with Crippen LogP contribution in [0.2, 0.25) is 0 Å². The van der Waals surface area contributed by atoms with Gasteiger partial charge in [-0.3, -0.25) is 0 Å². The molecule has 0 fully saturated rings. The molecule has 1 aromatic carbocycles. The maximum Gasteiger partial charge on any atom is 0.208 e. The number of benzene rings is 1. The number of rotatable bonds is 5. The fourth-order valence-corrected chi connectivity index (χ4v) is 3.18. The Morgan fingerprint density at radius 2 is 2.10 bits per heavy atom. The molecule has 0 saturated heterocycles. The summed E-state index contributed by atoms with van der Waals surface area (Å²) in [5.74, 6) is -0.327. The summed E-state index contributed by atoms with van der Waals surface area (Å²) in [6.07, 6.45) is 0. The molecule has 0 aliphatic heterocycles. The third-order valence-corrected chi connectivity index (χ3v) is 4.31. The van der Waals surface area contributed by atoms with Crippen molar-refractivity contribution in [2.24, 2.45) is 0 Å². The number of likely N-dealkylation sites (N-methyl/N-ethyl adjacent to an activating group) is 1. The van der Waals surface area contributed by atoms with E-state index in [2.05, 4.69) is 26.1 Å². The lowest BCUT2D eigenvalue weighted by Gasteiger charge is -2.27. The van der Waals surface area contributed by atoms with Gasteiger partial charge in [-0.1, -0.05) is 27.3 Å². The van der Waals surface area contributed by atoms with Crippen LogP contribution in [0.3, 0.4) is 0 Å². The Hall–Kier alpha value is -1.05. The second-order valence-electron chi connectivity index (χ2n) is 5.34. The zero-order valence-electron chi connectivity index (χ0n) is 12.1. The Kier molecular flexibility index (Phi) is 4.95. The molecule has 4 nitrogen and oxygen atoms in total. The molecule has 1 N–H and O–H groups in total. The zero-order valence-corrected chi connectivity index (χ0v) is 14.5. The van der Waals surface area contributed by atoms with E-state index in [0.29, 0.717) is 28.8 Å². The molecule has 114 valence electrons. The van der Waals surface area contributed by atoms with E-state index in [4.69, 9.17) is 0 Å². The molecule has 2 aromatic rings. The summed E-state index contributed by atoms with van der Waals surface area (Å²) >= 11 is 4.64. The van der Waals surface area contributed by atoms with E-state index in [0.717, 1.165) is 4.47 Å². The van der Waals surface area contributed by atoms with Crippen LogP contribution < -0.4 is 4.90 Å². The van der Waals surface area contributed by atoms with Gasteiger partial charge in [-0.2, -0.15) is 0 Å². The van der Waals surface area contributed by atoms with Gasteiger partial charge in [0.1, 0.15) is 5.82 Å². The standard InChI is InChI=1S/C14H17BrFN3OS/c1-4-19(8-14(2,3)20)13-18-17-12(21-13)10-7-9(15)5-6-11(10)16/h5-7,20H,4,8H2,1-3H3. The van der Waals surface area contributed by atoms with Gasteiger partial charge in [0.25, 0.3) is 0 Å². The number of halogens is 2. The molecule has 0 unspecified atom stereocenters. The van der Waals surface area contributed by atoms with E-state index in [9.17, 15) is 9.50 Å². The molecule has 21 heavy (non-hydrogen) atoms. The van der Waals surface area contributed by atoms with Crippen LogP contribution in [0.5, 0.6) is 0 Å². The van der Waals surface area contributed by atoms with Crippen LogP contribution >= 0.6 is 27.3 Å². The zero-order chi connectivity index (χ0) is 15.6. The molecule has 0 aliphatic carbocycles. The van der Waals surface area contributed by atoms with Crippen LogP contribution in [0.1, 0.15) is 20.8 Å². The van der Waals surface area contributed by atoms with Crippen LogP contribution in [0.4, 0.5) is 9.52 Å². The van der Waals surface area contributed by atoms with E-state index >= 15 is 0 Å². The highest BCUT2D eigenvalue weighted by Gasteiger charge is 2.21. The maximum atomic E-state index is 13.9. The minimum atomic E-state index is -0.830. The second kappa shape index (κ2) is 6.37. The van der Waals surface area contributed by atoms with Crippen molar-refractivity contribution in [3.63, 3.8) is 0 Å². The van der Waals surface area contributed by atoms with Gasteiger partial charge in [0.05, 0.1) is 5.60 Å². The molecular weight excluding hydrogens is 357 g/mol. The fourth-order valence-electron chi connectivity index (χ4n) is 1.90. The first-order chi connectivity index (χ1) is 9.80. The van der Waals surface area contributed by atoms with Crippen molar-refractivity contribution < 1.29 is 9.50 Å². The Labute approximate surface area is 135 Å². The molecule has 0 aliphatic rings. The molecular formula is C14H17BrFN3OS. The molecule has 1 aromatic heterocycles. The number of nitrogens with zero attached hydrogens (tertiary/aromatic N) is 3. The van der Waals surface area contributed by atoms with Gasteiger partial charge in [0.15, 0.2) is 5.01 Å². The first kappa shape index (κ1) is 16.3. The normalized spacial score (nSPS) is 11.7. The number of hydrogen-bond donors (Lipinski definition) is 1. The van der Waals surface area contributed by atoms with Crippen molar-refractivity contribution in [1.82, 2.24) is 10.2 Å². The van der Waals surface area contributed by atoms with Crippen molar-refractivity contribution >= 4 is 32.4 Å². The monoisotopic (exact) mass is 373 g/mol. The Morgan fingerprint density at radius 3 is 2.71 bits per heavy atom. The summed E-state index contributed by atoms with van der Waals surface area (Å²) in [5.41, 5.74) is -0.407. The summed E-state index contributed by atoms with van der Waals surface area (Å²) in [4.78, 5) is 1.93. The van der Waals surface area contributed by atoms with Gasteiger partial charge in [0, 0.05) is 23.1 Å². The highest BCUT2D eigenvalue weighted by Crippen LogP contribution is 2.32. The van der Waals surface area contributed by atoms with Gasteiger partial charge < -0.3 is 10.0 Å². The van der Waals surface area contributed by atoms with Crippen molar-refractivity contribution in [2.45, 2.75) is 26.4 Å². The van der Waals surface area contributed by atoms with Gasteiger partial charge in [-0.25, -0.2) is 4.39 Å². The molecule has 0 bridgehead atoms. The smallest absolute Gasteiger partial charge is 0.208 e. The van der Waals surface area contributed by atoms with E-state index in [1.165, 1.54) is 17.4 Å². The Bertz CT molecular complexity index is 627. The van der Waals surface area contributed by atoms with Gasteiger partial charge in [-0.05, 0) is 39.0 Å². The maximum absolute atomic E-state index is 13.9. The van der Waals surface area contributed by atoms with E-state index in [-0.39, 0.29) is 5.82 Å². The average molecular weight is 374 g/mol. The summed E-state index contributed by atoms with van der Waals surface area (Å²) in [6.45, 7) is 6.60. The minimum absolute atomic E-state index is 0.327. The molecule has 0 saturated carbocycles. The summed E-state index contributed by atoms with van der Waals surface area (Å²) in [7, 11) is 0. The number of anilines is 1. The van der Waals surface area contributed by atoms with Gasteiger partial charge in [0.2, 0.25) is 5.13 Å². The van der Waals surface area contributed by atoms with E-state index in [1.54, 1.807) is 26.0 Å². The summed E-state index contributed by atoms with van der Waals surface area (Å²) in [5, 5.41) is 19.3. The van der Waals surface area contributed by atoms with Crippen LogP contribution in [0.25, 0.3) is 10.6 Å². The Balaban J connectivity index is 2.30. The highest BCUT2D eigenvalue weighted by molar-refractivity contribution is 9.10. The first-order valence-electron chi connectivity index (χ1n) is 6.56. The molecule has 7 heteroatoms. The van der Waals surface area contributed by atoms with Crippen molar-refractivity contribution in [3.8, 4) is 10.6 Å². The molecule has 0 spiro atoms. The SMILES string of the molecule is CCN(CC(C)(C)O)c1nnc(-c2cc(Br)ccc2F)s1. The van der Waals surface area contributed by atoms with Crippen LogP contribution in [-0.4, -0.2) is 34.0 Å². The molecule has 0 radical (unpaired) electrons. The molecule has 2 rings (SSSR count). The number of aromatic nitrogens is 2. The second-order valence-corrected chi connectivity index (χ2v) is 7.21. The predicted molar refractivity (Wildman–Crippen MR) is 87.2 cm³/mol. The van der Waals surface area contributed by atoms with Crippen molar-refractivity contribution in [2.75, 3.05) is 18.0 Å². The van der Waals surface area contributed by atoms with E-state index < -0.39 is 5.60 Å². The lowest BCUT2D eigenvalue weighted by atomic mass is 10.1. The number of aliphatic hydroxyl groups is 1. The van der Waals surface area contributed by atoms with Crippen molar-refractivity contribution in [1.29, 1.82) is 0 Å². The van der Waals surface area contributed by atoms with E-state index in [1.807, 2.05) is 11.8 Å². The van der Waals surface area contributed by atoms with Gasteiger partial charge >= 0.3 is 0 Å². The molecule has 0 amide bonds. The Morgan fingerprint density at radius 1 is 1.38 bits per heavy atom. The quantitative estimate of drug-likeness (QED) is 0.867. The largest absolute Gasteiger partial charge is 0.389 e. The lowest BCUT2D eigenvalue weighted by molar-refractivity contribution is 0.0875. The van der Waals surface area contributed by atoms with Gasteiger partial charge in [-0.15, -0.1) is 10.2 Å². The topological polar surface area (TPSA) is 49.2 Å². The van der Waals surface area contributed by atoms with Crippen LogP contribution in [0.15, 0.2) is 22.7 Å².